The maximum Gasteiger partial charge on any atom is 0.326 e. The molecule has 5 atom stereocenters. The SMILES string of the molecule is CCC(=O)N[C@@H](Cc1ccccc1)C(=O)N[C@@H](CC(C)C)C(=O)N[C@@H](CCC(=O)O)C(=O)N[C@@H](CCC(=O)O)C(=O)N[C@@H](CC(C)C)C(=O)O. The zero-order valence-corrected chi connectivity index (χ0v) is 29.2. The Hall–Kier alpha value is -5.02. The topological polar surface area (TPSA) is 257 Å². The van der Waals surface area contributed by atoms with E-state index in [1.54, 1.807) is 65.0 Å². The van der Waals surface area contributed by atoms with Crippen LogP contribution in [0.5, 0.6) is 0 Å². The molecule has 278 valence electrons. The van der Waals surface area contributed by atoms with E-state index in [1.807, 2.05) is 0 Å². The second-order valence-electron chi connectivity index (χ2n) is 12.9. The lowest BCUT2D eigenvalue weighted by Crippen LogP contribution is -2.59. The predicted octanol–water partition coefficient (Wildman–Crippen LogP) is 0.970. The average Bonchev–Trinajstić information content (AvgIpc) is 3.03. The lowest BCUT2D eigenvalue weighted by atomic mass is 10.00. The predicted molar refractivity (Wildman–Crippen MR) is 180 cm³/mol. The molecule has 1 aromatic carbocycles. The smallest absolute Gasteiger partial charge is 0.326 e. The molecule has 0 saturated carbocycles. The molecule has 0 aliphatic heterocycles. The van der Waals surface area contributed by atoms with Gasteiger partial charge in [0.1, 0.15) is 30.2 Å². The number of carboxylic acids is 3. The van der Waals surface area contributed by atoms with Crippen molar-refractivity contribution in [2.75, 3.05) is 0 Å². The Morgan fingerprint density at radius 1 is 0.560 bits per heavy atom. The summed E-state index contributed by atoms with van der Waals surface area (Å²) in [5.74, 6) is -8.09. The highest BCUT2D eigenvalue weighted by atomic mass is 16.4. The van der Waals surface area contributed by atoms with Crippen LogP contribution in [0.15, 0.2) is 30.3 Å². The molecule has 8 N–H and O–H groups in total. The van der Waals surface area contributed by atoms with Crippen LogP contribution in [-0.4, -0.2) is 93.0 Å². The van der Waals surface area contributed by atoms with Crippen LogP contribution < -0.4 is 26.6 Å². The second kappa shape index (κ2) is 21.8. The summed E-state index contributed by atoms with van der Waals surface area (Å²) in [4.78, 5) is 100. The molecule has 1 aromatic rings. The molecule has 50 heavy (non-hydrogen) atoms. The van der Waals surface area contributed by atoms with Crippen LogP contribution in [-0.2, 0) is 44.8 Å². The molecule has 0 saturated heterocycles. The highest BCUT2D eigenvalue weighted by Crippen LogP contribution is 2.11. The van der Waals surface area contributed by atoms with E-state index in [1.165, 1.54) is 0 Å². The quantitative estimate of drug-likeness (QED) is 0.0796. The van der Waals surface area contributed by atoms with Crippen molar-refractivity contribution in [3.8, 4) is 0 Å². The number of benzene rings is 1. The molecule has 1 rings (SSSR count). The lowest BCUT2D eigenvalue weighted by Gasteiger charge is -2.27. The number of carbonyl (C=O) groups excluding carboxylic acids is 5. The fourth-order valence-electron chi connectivity index (χ4n) is 4.91. The van der Waals surface area contributed by atoms with Gasteiger partial charge in [-0.15, -0.1) is 0 Å². The van der Waals surface area contributed by atoms with E-state index in [0.29, 0.717) is 0 Å². The molecule has 0 aliphatic carbocycles. The summed E-state index contributed by atoms with van der Waals surface area (Å²) < 4.78 is 0. The van der Waals surface area contributed by atoms with Crippen LogP contribution >= 0.6 is 0 Å². The summed E-state index contributed by atoms with van der Waals surface area (Å²) in [6, 6.07) is 2.21. The van der Waals surface area contributed by atoms with Crippen molar-refractivity contribution in [3.05, 3.63) is 35.9 Å². The Bertz CT molecular complexity index is 1340. The van der Waals surface area contributed by atoms with Gasteiger partial charge in [0.25, 0.3) is 0 Å². The molecule has 0 bridgehead atoms. The first kappa shape index (κ1) is 43.0. The molecule has 0 radical (unpaired) electrons. The summed E-state index contributed by atoms with van der Waals surface area (Å²) in [5.41, 5.74) is 0.750. The van der Waals surface area contributed by atoms with E-state index in [4.69, 9.17) is 0 Å². The van der Waals surface area contributed by atoms with Crippen molar-refractivity contribution in [3.63, 3.8) is 0 Å². The van der Waals surface area contributed by atoms with Gasteiger partial charge in [-0.25, -0.2) is 4.79 Å². The van der Waals surface area contributed by atoms with Gasteiger partial charge in [0.05, 0.1) is 0 Å². The number of carboxylic acid groups (broad SMARTS) is 3. The van der Waals surface area contributed by atoms with Gasteiger partial charge >= 0.3 is 17.9 Å². The van der Waals surface area contributed by atoms with E-state index >= 15 is 0 Å². The number of hydrogen-bond donors (Lipinski definition) is 8. The number of amides is 5. The monoisotopic (exact) mass is 705 g/mol. The van der Waals surface area contributed by atoms with E-state index in [2.05, 4.69) is 26.6 Å². The Balaban J connectivity index is 3.30. The van der Waals surface area contributed by atoms with Crippen molar-refractivity contribution in [2.45, 2.75) is 116 Å². The molecule has 16 heteroatoms. The summed E-state index contributed by atoms with van der Waals surface area (Å²) >= 11 is 0. The second-order valence-corrected chi connectivity index (χ2v) is 12.9. The van der Waals surface area contributed by atoms with Crippen LogP contribution in [0.1, 0.15) is 85.1 Å². The van der Waals surface area contributed by atoms with Crippen LogP contribution in [0.4, 0.5) is 0 Å². The van der Waals surface area contributed by atoms with Gasteiger partial charge in [-0.3, -0.25) is 33.6 Å². The third kappa shape index (κ3) is 16.9. The van der Waals surface area contributed by atoms with Gasteiger partial charge in [0, 0.05) is 25.7 Å². The molecule has 5 amide bonds. The zero-order valence-electron chi connectivity index (χ0n) is 29.2. The number of carbonyl (C=O) groups is 8. The fourth-order valence-corrected chi connectivity index (χ4v) is 4.91. The van der Waals surface area contributed by atoms with Gasteiger partial charge in [-0.2, -0.15) is 0 Å². The van der Waals surface area contributed by atoms with E-state index in [-0.39, 0.29) is 37.5 Å². The van der Waals surface area contributed by atoms with Crippen molar-refractivity contribution in [1.29, 1.82) is 0 Å². The van der Waals surface area contributed by atoms with E-state index in [0.717, 1.165) is 5.56 Å². The molecule has 0 aromatic heterocycles. The number of aliphatic carboxylic acids is 3. The number of nitrogens with one attached hydrogen (secondary N) is 5. The maximum atomic E-state index is 13.6. The normalized spacial score (nSPS) is 14.0. The van der Waals surface area contributed by atoms with Crippen molar-refractivity contribution in [2.24, 2.45) is 11.8 Å². The minimum atomic E-state index is -1.55. The van der Waals surface area contributed by atoms with Gasteiger partial charge in [-0.1, -0.05) is 65.0 Å². The molecule has 0 unspecified atom stereocenters. The third-order valence-corrected chi connectivity index (χ3v) is 7.48. The first-order valence-electron chi connectivity index (χ1n) is 16.6. The van der Waals surface area contributed by atoms with Crippen LogP contribution in [0, 0.1) is 11.8 Å². The standard InChI is InChI=1S/C34H51N5O11/c1-6-27(40)35-25(18-21-10-8-7-9-11-21)33(48)38-24(16-19(2)3)32(47)37-22(12-14-28(41)42)30(45)36-23(13-15-29(43)44)31(46)39-26(34(49)50)17-20(4)5/h7-11,19-20,22-26H,6,12-18H2,1-5H3,(H,35,40)(H,36,45)(H,37,47)(H,38,48)(H,39,46)(H,41,42)(H,43,44)(H,49,50)/t22-,23-,24-,25-,26-/m0/s1. The first-order valence-corrected chi connectivity index (χ1v) is 16.6. The van der Waals surface area contributed by atoms with E-state index < -0.39 is 103 Å². The Morgan fingerprint density at radius 3 is 1.38 bits per heavy atom. The molecule has 0 aliphatic rings. The van der Waals surface area contributed by atoms with Gasteiger partial charge in [-0.05, 0) is 43.1 Å². The number of hydrogen-bond acceptors (Lipinski definition) is 8. The number of rotatable bonds is 23. The summed E-state index contributed by atoms with van der Waals surface area (Å²) in [5, 5.41) is 40.5. The third-order valence-electron chi connectivity index (χ3n) is 7.48. The van der Waals surface area contributed by atoms with Gasteiger partial charge in [0.15, 0.2) is 0 Å². The first-order chi connectivity index (χ1) is 23.4. The maximum absolute atomic E-state index is 13.6. The van der Waals surface area contributed by atoms with Crippen LogP contribution in [0.3, 0.4) is 0 Å². The molecule has 0 heterocycles. The van der Waals surface area contributed by atoms with Crippen LogP contribution in [0.2, 0.25) is 0 Å². The molecule has 0 spiro atoms. The Morgan fingerprint density at radius 2 is 0.960 bits per heavy atom. The minimum Gasteiger partial charge on any atom is -0.481 e. The summed E-state index contributed by atoms with van der Waals surface area (Å²) in [7, 11) is 0. The zero-order chi connectivity index (χ0) is 38.0. The highest BCUT2D eigenvalue weighted by Gasteiger charge is 2.33. The molecular weight excluding hydrogens is 654 g/mol. The molecule has 16 nitrogen and oxygen atoms in total. The van der Waals surface area contributed by atoms with Crippen molar-refractivity contribution in [1.82, 2.24) is 26.6 Å². The summed E-state index contributed by atoms with van der Waals surface area (Å²) in [6.07, 6.45) is -1.64. The fraction of sp³-hybridized carbons (Fsp3) is 0.588. The van der Waals surface area contributed by atoms with E-state index in [9.17, 15) is 53.7 Å². The van der Waals surface area contributed by atoms with Crippen molar-refractivity contribution < 1.29 is 53.7 Å². The lowest BCUT2D eigenvalue weighted by molar-refractivity contribution is -0.143. The van der Waals surface area contributed by atoms with Gasteiger partial charge < -0.3 is 41.9 Å². The van der Waals surface area contributed by atoms with Crippen LogP contribution in [0.25, 0.3) is 0 Å². The summed E-state index contributed by atoms with van der Waals surface area (Å²) in [6.45, 7) is 8.67. The minimum absolute atomic E-state index is 0.0508. The van der Waals surface area contributed by atoms with Crippen molar-refractivity contribution >= 4 is 47.4 Å². The highest BCUT2D eigenvalue weighted by molar-refractivity contribution is 5.96. The molecular formula is C34H51N5O11. The van der Waals surface area contributed by atoms with Gasteiger partial charge in [0.2, 0.25) is 29.5 Å². The molecule has 0 fully saturated rings. The Kier molecular flexibility index (Phi) is 18.8. The largest absolute Gasteiger partial charge is 0.481 e. The Labute approximate surface area is 291 Å². The average molecular weight is 706 g/mol.